The molecule has 1 unspecified atom stereocenters. The Kier molecular flexibility index (Phi) is 7.46. The number of carbonyl (C=O) groups excluding carboxylic acids is 1. The second-order valence-electron chi connectivity index (χ2n) is 7.86. The van der Waals surface area contributed by atoms with Gasteiger partial charge in [-0.1, -0.05) is 11.6 Å². The highest BCUT2D eigenvalue weighted by molar-refractivity contribution is 7.09. The van der Waals surface area contributed by atoms with Crippen LogP contribution in [0.3, 0.4) is 0 Å². The van der Waals surface area contributed by atoms with Crippen LogP contribution in [0.25, 0.3) is 11.4 Å². The number of halogens is 4. The molecule has 12 heteroatoms. The van der Waals surface area contributed by atoms with Crippen LogP contribution in [-0.2, 0) is 6.61 Å². The van der Waals surface area contributed by atoms with Crippen molar-refractivity contribution in [2.24, 2.45) is 0 Å². The lowest BCUT2D eigenvalue weighted by Crippen LogP contribution is -2.45. The lowest BCUT2D eigenvalue weighted by molar-refractivity contribution is -0.0630. The zero-order chi connectivity index (χ0) is 24.3. The van der Waals surface area contributed by atoms with Gasteiger partial charge in [0.25, 0.3) is 11.8 Å². The Morgan fingerprint density at radius 2 is 1.94 bits per heavy atom. The van der Waals surface area contributed by atoms with Crippen LogP contribution in [0.15, 0.2) is 36.1 Å². The van der Waals surface area contributed by atoms with Gasteiger partial charge in [0.1, 0.15) is 0 Å². The molecule has 4 rings (SSSR count). The van der Waals surface area contributed by atoms with E-state index in [0.717, 1.165) is 12.4 Å². The minimum Gasteiger partial charge on any atom is -0.390 e. The van der Waals surface area contributed by atoms with Crippen molar-refractivity contribution >= 4 is 28.8 Å². The Morgan fingerprint density at radius 3 is 2.62 bits per heavy atom. The largest absolute Gasteiger partial charge is 0.390 e. The summed E-state index contributed by atoms with van der Waals surface area (Å²) in [7, 11) is 0. The van der Waals surface area contributed by atoms with E-state index >= 15 is 0 Å². The fraction of sp³-hybridized carbons (Fsp3) is 0.364. The van der Waals surface area contributed by atoms with Crippen molar-refractivity contribution < 1.29 is 23.1 Å². The van der Waals surface area contributed by atoms with Gasteiger partial charge in [0.2, 0.25) is 0 Å². The summed E-state index contributed by atoms with van der Waals surface area (Å²) in [6.45, 7) is 0.106. The highest BCUT2D eigenvalue weighted by Crippen LogP contribution is 2.34. The van der Waals surface area contributed by atoms with Crippen LogP contribution in [0.1, 0.15) is 39.8 Å². The summed E-state index contributed by atoms with van der Waals surface area (Å²) in [4.78, 5) is 27.6. The molecule has 1 saturated heterocycles. The summed E-state index contributed by atoms with van der Waals surface area (Å²) < 4.78 is 40.6. The van der Waals surface area contributed by atoms with E-state index in [1.54, 1.807) is 11.6 Å². The average Bonchev–Trinajstić information content (AvgIpc) is 3.29. The molecule has 1 aromatic carbocycles. The number of thiazole rings is 1. The number of piperidine rings is 1. The topological polar surface area (TPSA) is 91.2 Å². The Bertz CT molecular complexity index is 1150. The molecule has 0 bridgehead atoms. The average molecular weight is 512 g/mol. The van der Waals surface area contributed by atoms with Crippen LogP contribution < -0.4 is 5.32 Å². The molecule has 0 saturated carbocycles. The maximum atomic E-state index is 13.7. The number of hydrogen-bond acceptors (Lipinski definition) is 7. The van der Waals surface area contributed by atoms with E-state index in [9.17, 15) is 23.1 Å². The first kappa shape index (κ1) is 24.5. The smallest absolute Gasteiger partial charge is 0.252 e. The summed E-state index contributed by atoms with van der Waals surface area (Å²) in [5, 5.41) is 12.7. The number of aliphatic hydroxyl groups excluding tert-OH is 1. The van der Waals surface area contributed by atoms with Crippen LogP contribution in [0.2, 0.25) is 5.02 Å². The molecule has 34 heavy (non-hydrogen) atoms. The van der Waals surface area contributed by atoms with Gasteiger partial charge in [-0.15, -0.1) is 11.3 Å². The monoisotopic (exact) mass is 511 g/mol. The number of aromatic nitrogens is 3. The first-order chi connectivity index (χ1) is 16.3. The molecular weight excluding hydrogens is 491 g/mol. The molecule has 0 spiro atoms. The number of rotatable bonds is 7. The number of benzene rings is 1. The first-order valence-corrected chi connectivity index (χ1v) is 11.7. The Hall–Kier alpha value is -2.60. The maximum Gasteiger partial charge on any atom is 0.252 e. The van der Waals surface area contributed by atoms with Crippen LogP contribution >= 0.6 is 22.9 Å². The number of alkyl halides is 2. The molecule has 1 aliphatic heterocycles. The van der Waals surface area contributed by atoms with Gasteiger partial charge in [-0.05, 0) is 18.2 Å². The number of hydrogen-bond donors (Lipinski definition) is 2. The molecule has 2 N–H and O–H groups in total. The van der Waals surface area contributed by atoms with Gasteiger partial charge in [-0.3, -0.25) is 9.69 Å². The lowest BCUT2D eigenvalue weighted by Gasteiger charge is -2.37. The second kappa shape index (κ2) is 10.3. The lowest BCUT2D eigenvalue weighted by atomic mass is 10.0. The van der Waals surface area contributed by atoms with Gasteiger partial charge in [-0.2, -0.15) is 0 Å². The predicted molar refractivity (Wildman–Crippen MR) is 121 cm³/mol. The predicted octanol–water partition coefficient (Wildman–Crippen LogP) is 4.09. The molecule has 1 amide bonds. The maximum absolute atomic E-state index is 13.7. The first-order valence-electron chi connectivity index (χ1n) is 10.5. The molecule has 0 radical (unpaired) electrons. The van der Waals surface area contributed by atoms with E-state index in [1.165, 1.54) is 23.5 Å². The molecule has 3 heterocycles. The van der Waals surface area contributed by atoms with Crippen LogP contribution in [0.5, 0.6) is 0 Å². The number of amides is 1. The van der Waals surface area contributed by atoms with Crippen molar-refractivity contribution in [2.45, 2.75) is 31.4 Å². The van der Waals surface area contributed by atoms with Crippen LogP contribution in [0, 0.1) is 5.82 Å². The van der Waals surface area contributed by atoms with E-state index < -0.39 is 23.7 Å². The van der Waals surface area contributed by atoms with Gasteiger partial charge in [0, 0.05) is 42.9 Å². The van der Waals surface area contributed by atoms with Crippen molar-refractivity contribution in [2.75, 3.05) is 19.6 Å². The van der Waals surface area contributed by atoms with E-state index in [-0.39, 0.29) is 55.5 Å². The number of likely N-dealkylation sites (tertiary alicyclic amines) is 1. The molecule has 7 nitrogen and oxygen atoms in total. The number of nitrogens with one attached hydrogen (secondary N) is 1. The van der Waals surface area contributed by atoms with Gasteiger partial charge in [-0.25, -0.2) is 28.1 Å². The number of aliphatic hydroxyl groups is 1. The molecule has 180 valence electrons. The van der Waals surface area contributed by atoms with Gasteiger partial charge >= 0.3 is 0 Å². The Labute approximate surface area is 202 Å². The molecular formula is C22H21ClF3N5O2S. The van der Waals surface area contributed by atoms with E-state index in [4.69, 9.17) is 11.6 Å². The third kappa shape index (κ3) is 5.54. The molecule has 1 aliphatic rings. The fourth-order valence-electron chi connectivity index (χ4n) is 3.80. The quantitative estimate of drug-likeness (QED) is 0.496. The summed E-state index contributed by atoms with van der Waals surface area (Å²) in [5.74, 6) is -3.54. The van der Waals surface area contributed by atoms with Crippen molar-refractivity contribution in [3.63, 3.8) is 0 Å². The SMILES string of the molecule is O=C(NCC(c1scnc1CO)N1CCC(F)(F)CC1)c1cc(-c2ncc(F)cn2)ccc1Cl. The third-order valence-corrected chi connectivity index (χ3v) is 6.94. The van der Waals surface area contributed by atoms with Crippen molar-refractivity contribution in [1.29, 1.82) is 0 Å². The number of nitrogens with zero attached hydrogens (tertiary/aromatic N) is 4. The zero-order valence-corrected chi connectivity index (χ0v) is 19.4. The van der Waals surface area contributed by atoms with E-state index in [0.29, 0.717) is 16.1 Å². The summed E-state index contributed by atoms with van der Waals surface area (Å²) in [6.07, 6.45) is 1.49. The van der Waals surface area contributed by atoms with Crippen LogP contribution in [0.4, 0.5) is 13.2 Å². The molecule has 1 fully saturated rings. The Balaban J connectivity index is 1.54. The van der Waals surface area contributed by atoms with Crippen molar-refractivity contribution in [3.8, 4) is 11.4 Å². The molecule has 1 atom stereocenters. The Morgan fingerprint density at radius 1 is 1.24 bits per heavy atom. The third-order valence-electron chi connectivity index (χ3n) is 5.64. The van der Waals surface area contributed by atoms with Crippen molar-refractivity contribution in [3.05, 3.63) is 63.1 Å². The molecule has 2 aromatic heterocycles. The highest BCUT2D eigenvalue weighted by Gasteiger charge is 2.37. The minimum atomic E-state index is -2.71. The minimum absolute atomic E-state index is 0.104. The second-order valence-corrected chi connectivity index (χ2v) is 9.15. The van der Waals surface area contributed by atoms with Crippen LogP contribution in [-0.4, -0.2) is 56.4 Å². The fourth-order valence-corrected chi connectivity index (χ4v) is 4.94. The van der Waals surface area contributed by atoms with E-state index in [1.807, 2.05) is 4.90 Å². The standard InChI is InChI=1S/C22H21ClF3N5O2S/c23-16-2-1-13(20-27-8-14(24)9-28-20)7-15(16)21(33)29-10-18(19-17(11-32)30-12-34-19)31-5-3-22(25,26)4-6-31/h1-2,7-9,12,18,32H,3-6,10-11H2,(H,29,33). The van der Waals surface area contributed by atoms with E-state index in [2.05, 4.69) is 20.3 Å². The molecule has 3 aromatic rings. The zero-order valence-electron chi connectivity index (χ0n) is 17.8. The van der Waals surface area contributed by atoms with Gasteiger partial charge in [0.05, 0.1) is 46.8 Å². The number of carbonyl (C=O) groups is 1. The normalized spacial score (nSPS) is 16.9. The highest BCUT2D eigenvalue weighted by atomic mass is 35.5. The van der Waals surface area contributed by atoms with Gasteiger partial charge in [0.15, 0.2) is 11.6 Å². The molecule has 0 aliphatic carbocycles. The van der Waals surface area contributed by atoms with Gasteiger partial charge < -0.3 is 10.4 Å². The summed E-state index contributed by atoms with van der Waals surface area (Å²) in [6, 6.07) is 4.22. The summed E-state index contributed by atoms with van der Waals surface area (Å²) in [5.41, 5.74) is 2.68. The summed E-state index contributed by atoms with van der Waals surface area (Å²) >= 11 is 7.55. The van der Waals surface area contributed by atoms with Crippen molar-refractivity contribution in [1.82, 2.24) is 25.2 Å².